The number of benzene rings is 1. The Kier molecular flexibility index (Phi) is 5.96. The van der Waals surface area contributed by atoms with Crippen LogP contribution in [0.2, 0.25) is 0 Å². The van der Waals surface area contributed by atoms with Gasteiger partial charge in [-0.25, -0.2) is 4.98 Å². The average Bonchev–Trinajstić information content (AvgIpc) is 3.00. The summed E-state index contributed by atoms with van der Waals surface area (Å²) >= 11 is 1.78. The van der Waals surface area contributed by atoms with Gasteiger partial charge in [0.25, 0.3) is 0 Å². The summed E-state index contributed by atoms with van der Waals surface area (Å²) in [6.07, 6.45) is 4.77. The third-order valence-corrected chi connectivity index (χ3v) is 4.54. The van der Waals surface area contributed by atoms with Crippen LogP contribution >= 0.6 is 11.3 Å². The van der Waals surface area contributed by atoms with E-state index in [0.29, 0.717) is 6.61 Å². The molecule has 0 bridgehead atoms. The molecule has 0 saturated carbocycles. The minimum Gasteiger partial charge on any atom is -0.489 e. The third-order valence-electron chi connectivity index (χ3n) is 3.22. The Hall–Kier alpha value is -1.65. The molecular formula is C17H22N2OS. The number of aromatic nitrogens is 1. The molecule has 4 heteroatoms. The van der Waals surface area contributed by atoms with Crippen molar-refractivity contribution in [2.24, 2.45) is 0 Å². The fourth-order valence-corrected chi connectivity index (χ4v) is 2.86. The first-order chi connectivity index (χ1) is 10.2. The zero-order chi connectivity index (χ0) is 15.1. The molecule has 1 aromatic heterocycles. The number of hydrogen-bond donors (Lipinski definition) is 1. The molecule has 112 valence electrons. The molecule has 0 fully saturated rings. The van der Waals surface area contributed by atoms with E-state index in [1.807, 2.05) is 24.4 Å². The van der Waals surface area contributed by atoms with Crippen molar-refractivity contribution >= 4 is 11.3 Å². The fraction of sp³-hybridized carbons (Fsp3) is 0.353. The van der Waals surface area contributed by atoms with Gasteiger partial charge in [0, 0.05) is 23.2 Å². The predicted molar refractivity (Wildman–Crippen MR) is 88.9 cm³/mol. The highest BCUT2D eigenvalue weighted by Crippen LogP contribution is 2.22. The topological polar surface area (TPSA) is 34.1 Å². The Morgan fingerprint density at radius 1 is 1.43 bits per heavy atom. The lowest BCUT2D eigenvalue weighted by Gasteiger charge is -2.14. The summed E-state index contributed by atoms with van der Waals surface area (Å²) in [5.41, 5.74) is 1.15. The zero-order valence-corrected chi connectivity index (χ0v) is 13.5. The number of aryl methyl sites for hydroxylation is 1. The van der Waals surface area contributed by atoms with E-state index in [-0.39, 0.29) is 6.04 Å². The van der Waals surface area contributed by atoms with Gasteiger partial charge in [-0.1, -0.05) is 37.8 Å². The van der Waals surface area contributed by atoms with Crippen molar-refractivity contribution < 1.29 is 4.74 Å². The second-order valence-corrected chi connectivity index (χ2v) is 5.98. The number of ether oxygens (including phenoxy) is 1. The van der Waals surface area contributed by atoms with Gasteiger partial charge in [0.1, 0.15) is 17.4 Å². The Labute approximate surface area is 130 Å². The van der Waals surface area contributed by atoms with Gasteiger partial charge in [0.05, 0.1) is 6.04 Å². The van der Waals surface area contributed by atoms with Crippen LogP contribution in [0.25, 0.3) is 0 Å². The summed E-state index contributed by atoms with van der Waals surface area (Å²) in [5, 5.41) is 4.65. The summed E-state index contributed by atoms with van der Waals surface area (Å²) in [6, 6.07) is 8.32. The smallest absolute Gasteiger partial charge is 0.124 e. The lowest BCUT2D eigenvalue weighted by Crippen LogP contribution is -2.18. The van der Waals surface area contributed by atoms with Gasteiger partial charge in [0.2, 0.25) is 0 Å². The fourth-order valence-electron chi connectivity index (χ4n) is 1.98. The first kappa shape index (κ1) is 15.7. The number of para-hydroxylation sites is 1. The molecule has 1 unspecified atom stereocenters. The first-order valence-corrected chi connectivity index (χ1v) is 8.05. The molecule has 1 heterocycles. The number of hydrogen-bond acceptors (Lipinski definition) is 4. The molecule has 0 amide bonds. The molecule has 21 heavy (non-hydrogen) atoms. The normalized spacial score (nSPS) is 12.1. The van der Waals surface area contributed by atoms with Gasteiger partial charge in [-0.15, -0.1) is 11.3 Å². The minimum atomic E-state index is 0.239. The summed E-state index contributed by atoms with van der Waals surface area (Å²) in [6.45, 7) is 9.27. The van der Waals surface area contributed by atoms with Crippen LogP contribution in [-0.2, 0) is 13.0 Å². The molecule has 1 N–H and O–H groups in total. The standard InChI is InChI=1S/C17H22N2OS/c1-4-10-20-16-9-7-6-8-14(16)11-18-13(3)17-19-12-15(5-2)21-17/h4,6-9,12-13,18H,1,5,10-11H2,2-3H3. The molecule has 3 nitrogen and oxygen atoms in total. The lowest BCUT2D eigenvalue weighted by molar-refractivity contribution is 0.357. The van der Waals surface area contributed by atoms with Crippen LogP contribution in [-0.4, -0.2) is 11.6 Å². The van der Waals surface area contributed by atoms with Gasteiger partial charge < -0.3 is 10.1 Å². The van der Waals surface area contributed by atoms with Crippen molar-refractivity contribution in [2.75, 3.05) is 6.61 Å². The quantitative estimate of drug-likeness (QED) is 0.745. The second-order valence-electron chi connectivity index (χ2n) is 4.83. The number of nitrogens with zero attached hydrogens (tertiary/aromatic N) is 1. The Bertz CT molecular complexity index is 580. The van der Waals surface area contributed by atoms with E-state index < -0.39 is 0 Å². The monoisotopic (exact) mass is 302 g/mol. The molecule has 0 aliphatic carbocycles. The van der Waals surface area contributed by atoms with Crippen LogP contribution in [0.15, 0.2) is 43.1 Å². The summed E-state index contributed by atoms with van der Waals surface area (Å²) in [7, 11) is 0. The van der Waals surface area contributed by atoms with Crippen LogP contribution in [0, 0.1) is 0 Å². The largest absolute Gasteiger partial charge is 0.489 e. The van der Waals surface area contributed by atoms with Crippen molar-refractivity contribution in [1.29, 1.82) is 0 Å². The van der Waals surface area contributed by atoms with E-state index in [2.05, 4.69) is 36.8 Å². The molecular weight excluding hydrogens is 280 g/mol. The highest BCUT2D eigenvalue weighted by Gasteiger charge is 2.11. The van der Waals surface area contributed by atoms with Crippen molar-refractivity contribution in [2.45, 2.75) is 32.9 Å². The van der Waals surface area contributed by atoms with E-state index in [1.54, 1.807) is 17.4 Å². The SMILES string of the molecule is C=CCOc1ccccc1CNC(C)c1ncc(CC)s1. The van der Waals surface area contributed by atoms with Crippen LogP contribution in [0.3, 0.4) is 0 Å². The van der Waals surface area contributed by atoms with Crippen molar-refractivity contribution in [3.8, 4) is 5.75 Å². The summed E-state index contributed by atoms with van der Waals surface area (Å²) < 4.78 is 5.67. The van der Waals surface area contributed by atoms with E-state index in [9.17, 15) is 0 Å². The number of nitrogens with one attached hydrogen (secondary N) is 1. The molecule has 0 saturated heterocycles. The van der Waals surface area contributed by atoms with Gasteiger partial charge >= 0.3 is 0 Å². The molecule has 0 spiro atoms. The first-order valence-electron chi connectivity index (χ1n) is 7.24. The summed E-state index contributed by atoms with van der Waals surface area (Å²) in [4.78, 5) is 5.81. The van der Waals surface area contributed by atoms with Crippen molar-refractivity contribution in [3.05, 3.63) is 58.6 Å². The van der Waals surface area contributed by atoms with Crippen molar-refractivity contribution in [3.63, 3.8) is 0 Å². The van der Waals surface area contributed by atoms with Crippen LogP contribution < -0.4 is 10.1 Å². The highest BCUT2D eigenvalue weighted by atomic mass is 32.1. The van der Waals surface area contributed by atoms with Gasteiger partial charge in [-0.2, -0.15) is 0 Å². The number of rotatable bonds is 8. The predicted octanol–water partition coefficient (Wildman–Crippen LogP) is 4.12. The molecule has 1 aromatic carbocycles. The average molecular weight is 302 g/mol. The van der Waals surface area contributed by atoms with E-state index in [1.165, 1.54) is 4.88 Å². The Morgan fingerprint density at radius 3 is 2.95 bits per heavy atom. The van der Waals surface area contributed by atoms with Crippen LogP contribution in [0.4, 0.5) is 0 Å². The lowest BCUT2D eigenvalue weighted by atomic mass is 10.2. The van der Waals surface area contributed by atoms with E-state index >= 15 is 0 Å². The maximum absolute atomic E-state index is 5.67. The molecule has 0 aliphatic rings. The van der Waals surface area contributed by atoms with Gasteiger partial charge in [-0.3, -0.25) is 0 Å². The van der Waals surface area contributed by atoms with Crippen LogP contribution in [0.1, 0.15) is 35.3 Å². The second kappa shape index (κ2) is 7.96. The molecule has 2 rings (SSSR count). The zero-order valence-electron chi connectivity index (χ0n) is 12.6. The molecule has 2 aromatic rings. The molecule has 0 radical (unpaired) electrons. The Balaban J connectivity index is 1.97. The molecule has 0 aliphatic heterocycles. The van der Waals surface area contributed by atoms with Gasteiger partial charge in [0.15, 0.2) is 0 Å². The Morgan fingerprint density at radius 2 is 2.24 bits per heavy atom. The summed E-state index contributed by atoms with van der Waals surface area (Å²) in [5.74, 6) is 0.908. The van der Waals surface area contributed by atoms with Crippen molar-refractivity contribution in [1.82, 2.24) is 10.3 Å². The van der Waals surface area contributed by atoms with Gasteiger partial charge in [-0.05, 0) is 19.4 Å². The maximum atomic E-state index is 5.67. The highest BCUT2D eigenvalue weighted by molar-refractivity contribution is 7.11. The molecule has 1 atom stereocenters. The van der Waals surface area contributed by atoms with E-state index in [4.69, 9.17) is 4.74 Å². The minimum absolute atomic E-state index is 0.239. The van der Waals surface area contributed by atoms with E-state index in [0.717, 1.165) is 29.3 Å². The maximum Gasteiger partial charge on any atom is 0.124 e. The number of thiazole rings is 1. The van der Waals surface area contributed by atoms with Crippen LogP contribution in [0.5, 0.6) is 5.75 Å². The third kappa shape index (κ3) is 4.41.